The van der Waals surface area contributed by atoms with E-state index in [1.54, 1.807) is 12.4 Å². The molecule has 1 heterocycles. The van der Waals surface area contributed by atoms with Crippen LogP contribution in [0.5, 0.6) is 0 Å². The van der Waals surface area contributed by atoms with Gasteiger partial charge in [-0.25, -0.2) is 9.67 Å². The van der Waals surface area contributed by atoms with Crippen molar-refractivity contribution in [1.29, 1.82) is 0 Å². The van der Waals surface area contributed by atoms with Gasteiger partial charge in [-0.15, -0.1) is 0 Å². The average molecular weight is 313 g/mol. The Labute approximate surface area is 129 Å². The maximum Gasteiger partial charge on any atom is 0.140 e. The second-order valence-electron chi connectivity index (χ2n) is 4.56. The van der Waals surface area contributed by atoms with Gasteiger partial charge in [0.05, 0.1) is 6.54 Å². The SMILES string of the molecule is CCCn1ncnc1CNCCc1ccc(Cl)cc1Cl. The Balaban J connectivity index is 1.80. The van der Waals surface area contributed by atoms with Crippen LogP contribution in [0.15, 0.2) is 24.5 Å². The Kier molecular flexibility index (Phi) is 5.83. The van der Waals surface area contributed by atoms with E-state index in [0.717, 1.165) is 37.3 Å². The summed E-state index contributed by atoms with van der Waals surface area (Å²) < 4.78 is 1.93. The third kappa shape index (κ3) is 4.20. The molecule has 0 aliphatic rings. The van der Waals surface area contributed by atoms with Gasteiger partial charge in [-0.3, -0.25) is 0 Å². The van der Waals surface area contributed by atoms with Gasteiger partial charge in [-0.2, -0.15) is 5.10 Å². The van der Waals surface area contributed by atoms with Crippen molar-refractivity contribution in [1.82, 2.24) is 20.1 Å². The van der Waals surface area contributed by atoms with E-state index in [2.05, 4.69) is 22.3 Å². The lowest BCUT2D eigenvalue weighted by atomic mass is 10.1. The molecule has 0 atom stereocenters. The first-order chi connectivity index (χ1) is 9.70. The minimum Gasteiger partial charge on any atom is -0.310 e. The summed E-state index contributed by atoms with van der Waals surface area (Å²) in [7, 11) is 0. The number of aryl methyl sites for hydroxylation is 1. The minimum absolute atomic E-state index is 0.666. The third-order valence-corrected chi connectivity index (χ3v) is 3.59. The number of hydrogen-bond donors (Lipinski definition) is 1. The van der Waals surface area contributed by atoms with Crippen LogP contribution in [-0.4, -0.2) is 21.3 Å². The summed E-state index contributed by atoms with van der Waals surface area (Å²) in [5, 5.41) is 8.94. The Bertz CT molecular complexity index is 554. The van der Waals surface area contributed by atoms with Crippen LogP contribution < -0.4 is 5.32 Å². The molecule has 0 unspecified atom stereocenters. The molecule has 0 amide bonds. The fourth-order valence-electron chi connectivity index (χ4n) is 1.97. The van der Waals surface area contributed by atoms with Gasteiger partial charge in [0.1, 0.15) is 12.2 Å². The molecule has 0 radical (unpaired) electrons. The quantitative estimate of drug-likeness (QED) is 0.797. The Morgan fingerprint density at radius 3 is 2.90 bits per heavy atom. The summed E-state index contributed by atoms with van der Waals surface area (Å²) in [6.45, 7) is 4.58. The molecule has 0 saturated heterocycles. The second-order valence-corrected chi connectivity index (χ2v) is 5.41. The molecule has 0 bridgehead atoms. The monoisotopic (exact) mass is 312 g/mol. The molecule has 0 aliphatic heterocycles. The summed E-state index contributed by atoms with van der Waals surface area (Å²) in [6.07, 6.45) is 3.51. The maximum absolute atomic E-state index is 6.14. The van der Waals surface area contributed by atoms with Crippen molar-refractivity contribution in [3.05, 3.63) is 46.0 Å². The van der Waals surface area contributed by atoms with E-state index in [-0.39, 0.29) is 0 Å². The zero-order valence-electron chi connectivity index (χ0n) is 11.4. The van der Waals surface area contributed by atoms with Gasteiger partial charge in [0.25, 0.3) is 0 Å². The van der Waals surface area contributed by atoms with E-state index in [0.29, 0.717) is 16.6 Å². The summed E-state index contributed by atoms with van der Waals surface area (Å²) in [4.78, 5) is 4.25. The first kappa shape index (κ1) is 15.3. The average Bonchev–Trinajstić information content (AvgIpc) is 2.85. The summed E-state index contributed by atoms with van der Waals surface area (Å²) in [6, 6.07) is 5.60. The molecule has 20 heavy (non-hydrogen) atoms. The molecule has 1 N–H and O–H groups in total. The van der Waals surface area contributed by atoms with Crippen LogP contribution >= 0.6 is 23.2 Å². The van der Waals surface area contributed by atoms with E-state index in [1.807, 2.05) is 16.8 Å². The lowest BCUT2D eigenvalue weighted by molar-refractivity contribution is 0.543. The smallest absolute Gasteiger partial charge is 0.140 e. The standard InChI is InChI=1S/C14H18Cl2N4/c1-2-7-20-14(18-10-19-20)9-17-6-5-11-3-4-12(15)8-13(11)16/h3-4,8,10,17H,2,5-7,9H2,1H3. The molecule has 1 aromatic carbocycles. The van der Waals surface area contributed by atoms with Crippen LogP contribution in [-0.2, 0) is 19.5 Å². The van der Waals surface area contributed by atoms with E-state index in [4.69, 9.17) is 23.2 Å². The van der Waals surface area contributed by atoms with E-state index >= 15 is 0 Å². The fourth-order valence-corrected chi connectivity index (χ4v) is 2.47. The molecule has 0 aliphatic carbocycles. The van der Waals surface area contributed by atoms with Crippen molar-refractivity contribution in [3.63, 3.8) is 0 Å². The maximum atomic E-state index is 6.14. The predicted molar refractivity (Wildman–Crippen MR) is 82.2 cm³/mol. The lowest BCUT2D eigenvalue weighted by Gasteiger charge is -2.07. The molecule has 108 valence electrons. The van der Waals surface area contributed by atoms with Gasteiger partial charge in [0.2, 0.25) is 0 Å². The number of nitrogens with one attached hydrogen (secondary N) is 1. The van der Waals surface area contributed by atoms with Gasteiger partial charge >= 0.3 is 0 Å². The number of benzene rings is 1. The van der Waals surface area contributed by atoms with Gasteiger partial charge in [-0.1, -0.05) is 36.2 Å². The Hall–Kier alpha value is -1.10. The number of aromatic nitrogens is 3. The van der Waals surface area contributed by atoms with E-state index in [1.165, 1.54) is 0 Å². The molecule has 2 aromatic rings. The fraction of sp³-hybridized carbons (Fsp3) is 0.429. The molecule has 2 rings (SSSR count). The lowest BCUT2D eigenvalue weighted by Crippen LogP contribution is -2.20. The molecular weight excluding hydrogens is 295 g/mol. The summed E-state index contributed by atoms with van der Waals surface area (Å²) in [5.74, 6) is 0.967. The molecule has 6 heteroatoms. The van der Waals surface area contributed by atoms with Crippen LogP contribution in [0.25, 0.3) is 0 Å². The number of halogens is 2. The molecular formula is C14H18Cl2N4. The topological polar surface area (TPSA) is 42.7 Å². The summed E-state index contributed by atoms with van der Waals surface area (Å²) in [5.41, 5.74) is 1.10. The number of hydrogen-bond acceptors (Lipinski definition) is 3. The normalized spacial score (nSPS) is 10.9. The number of rotatable bonds is 7. The Morgan fingerprint density at radius 2 is 2.15 bits per heavy atom. The zero-order chi connectivity index (χ0) is 14.4. The first-order valence-corrected chi connectivity index (χ1v) is 7.47. The van der Waals surface area contributed by atoms with Gasteiger partial charge in [0, 0.05) is 16.6 Å². The highest BCUT2D eigenvalue weighted by molar-refractivity contribution is 6.35. The molecule has 0 fully saturated rings. The van der Waals surface area contributed by atoms with Crippen LogP contribution in [0.3, 0.4) is 0 Å². The third-order valence-electron chi connectivity index (χ3n) is 3.00. The summed E-state index contributed by atoms with van der Waals surface area (Å²) >= 11 is 12.0. The van der Waals surface area contributed by atoms with E-state index < -0.39 is 0 Å². The predicted octanol–water partition coefficient (Wildman–Crippen LogP) is 3.33. The van der Waals surface area contributed by atoms with Crippen LogP contribution in [0.4, 0.5) is 0 Å². The second kappa shape index (κ2) is 7.62. The minimum atomic E-state index is 0.666. The van der Waals surface area contributed by atoms with Crippen molar-refractivity contribution in [2.75, 3.05) is 6.54 Å². The highest BCUT2D eigenvalue weighted by Crippen LogP contribution is 2.21. The van der Waals surface area contributed by atoms with Crippen molar-refractivity contribution in [3.8, 4) is 0 Å². The Morgan fingerprint density at radius 1 is 1.30 bits per heavy atom. The van der Waals surface area contributed by atoms with Crippen molar-refractivity contribution in [2.45, 2.75) is 32.9 Å². The number of nitrogens with zero attached hydrogens (tertiary/aromatic N) is 3. The van der Waals surface area contributed by atoms with Crippen molar-refractivity contribution < 1.29 is 0 Å². The zero-order valence-corrected chi connectivity index (χ0v) is 13.0. The highest BCUT2D eigenvalue weighted by Gasteiger charge is 2.04. The molecule has 1 aromatic heterocycles. The molecule has 4 nitrogen and oxygen atoms in total. The molecule has 0 spiro atoms. The van der Waals surface area contributed by atoms with Gasteiger partial charge in [0.15, 0.2) is 0 Å². The largest absolute Gasteiger partial charge is 0.310 e. The molecule has 0 saturated carbocycles. The van der Waals surface area contributed by atoms with Crippen LogP contribution in [0, 0.1) is 0 Å². The first-order valence-electron chi connectivity index (χ1n) is 6.72. The van der Waals surface area contributed by atoms with E-state index in [9.17, 15) is 0 Å². The van der Waals surface area contributed by atoms with Gasteiger partial charge < -0.3 is 5.32 Å². The van der Waals surface area contributed by atoms with Crippen molar-refractivity contribution >= 4 is 23.2 Å². The van der Waals surface area contributed by atoms with Crippen LogP contribution in [0.1, 0.15) is 24.7 Å². The highest BCUT2D eigenvalue weighted by atomic mass is 35.5. The van der Waals surface area contributed by atoms with Gasteiger partial charge in [-0.05, 0) is 37.1 Å². The van der Waals surface area contributed by atoms with Crippen molar-refractivity contribution in [2.24, 2.45) is 0 Å². The van der Waals surface area contributed by atoms with Crippen LogP contribution in [0.2, 0.25) is 10.0 Å².